The molecule has 1 aromatic heterocycles. The van der Waals surface area contributed by atoms with E-state index in [4.69, 9.17) is 9.47 Å². The minimum absolute atomic E-state index is 0.183. The van der Waals surface area contributed by atoms with Crippen molar-refractivity contribution in [3.8, 4) is 11.5 Å². The van der Waals surface area contributed by atoms with Crippen molar-refractivity contribution in [2.24, 2.45) is 0 Å². The lowest BCUT2D eigenvalue weighted by atomic mass is 10.1. The molecular weight excluding hydrogens is 320 g/mol. The number of H-pyrrole nitrogens is 1. The first-order chi connectivity index (χ1) is 12.2. The van der Waals surface area contributed by atoms with Crippen molar-refractivity contribution in [2.45, 2.75) is 6.04 Å². The monoisotopic (exact) mass is 340 g/mol. The predicted octanol–water partition coefficient (Wildman–Crippen LogP) is 2.65. The molecule has 0 saturated carbocycles. The van der Waals surface area contributed by atoms with Crippen molar-refractivity contribution >= 4 is 16.8 Å². The summed E-state index contributed by atoms with van der Waals surface area (Å²) in [7, 11) is 3.13. The summed E-state index contributed by atoms with van der Waals surface area (Å²) in [6, 6.07) is 14.2. The van der Waals surface area contributed by atoms with Gasteiger partial charge in [-0.15, -0.1) is 0 Å². The number of rotatable bonds is 6. The summed E-state index contributed by atoms with van der Waals surface area (Å²) in [5.41, 5.74) is 2.01. The van der Waals surface area contributed by atoms with Gasteiger partial charge in [-0.3, -0.25) is 4.79 Å². The van der Waals surface area contributed by atoms with E-state index in [2.05, 4.69) is 10.3 Å². The van der Waals surface area contributed by atoms with Crippen LogP contribution in [-0.2, 0) is 0 Å². The van der Waals surface area contributed by atoms with Gasteiger partial charge >= 0.3 is 0 Å². The van der Waals surface area contributed by atoms with Gasteiger partial charge in [0.2, 0.25) is 0 Å². The minimum atomic E-state index is -0.468. The number of amides is 1. The van der Waals surface area contributed by atoms with E-state index in [9.17, 15) is 9.90 Å². The highest BCUT2D eigenvalue weighted by Gasteiger charge is 2.17. The third-order valence-electron chi connectivity index (χ3n) is 4.06. The number of benzene rings is 2. The van der Waals surface area contributed by atoms with E-state index >= 15 is 0 Å². The van der Waals surface area contributed by atoms with Crippen molar-refractivity contribution in [3.63, 3.8) is 0 Å². The third kappa shape index (κ3) is 3.44. The van der Waals surface area contributed by atoms with Crippen LogP contribution in [0.5, 0.6) is 11.5 Å². The fourth-order valence-corrected chi connectivity index (χ4v) is 2.74. The third-order valence-corrected chi connectivity index (χ3v) is 4.06. The fourth-order valence-electron chi connectivity index (χ4n) is 2.74. The van der Waals surface area contributed by atoms with Crippen LogP contribution in [0.4, 0.5) is 0 Å². The lowest BCUT2D eigenvalue weighted by Crippen LogP contribution is -2.30. The Kier molecular flexibility index (Phi) is 4.90. The normalized spacial score (nSPS) is 12.0. The molecule has 0 radical (unpaired) electrons. The highest BCUT2D eigenvalue weighted by Crippen LogP contribution is 2.32. The van der Waals surface area contributed by atoms with Gasteiger partial charge in [0.15, 0.2) is 11.5 Å². The van der Waals surface area contributed by atoms with Gasteiger partial charge in [0.25, 0.3) is 5.91 Å². The maximum absolute atomic E-state index is 12.5. The van der Waals surface area contributed by atoms with Gasteiger partial charge in [0, 0.05) is 17.0 Å². The molecule has 3 rings (SSSR count). The van der Waals surface area contributed by atoms with Crippen LogP contribution < -0.4 is 14.8 Å². The zero-order valence-corrected chi connectivity index (χ0v) is 14.1. The molecule has 0 aliphatic carbocycles. The smallest absolute Gasteiger partial charge is 0.268 e. The van der Waals surface area contributed by atoms with Crippen LogP contribution in [0, 0.1) is 0 Å². The molecule has 0 aliphatic heterocycles. The number of hydrogen-bond donors (Lipinski definition) is 3. The second kappa shape index (κ2) is 7.27. The van der Waals surface area contributed by atoms with Crippen LogP contribution in [-0.4, -0.2) is 36.8 Å². The number of nitrogens with one attached hydrogen (secondary N) is 2. The van der Waals surface area contributed by atoms with Gasteiger partial charge < -0.3 is 24.9 Å². The number of fused-ring (bicyclic) bond motifs is 1. The van der Waals surface area contributed by atoms with Gasteiger partial charge in [-0.05, 0) is 17.7 Å². The molecule has 0 aliphatic rings. The van der Waals surface area contributed by atoms with Crippen molar-refractivity contribution < 1.29 is 19.4 Å². The highest BCUT2D eigenvalue weighted by atomic mass is 16.5. The molecular formula is C19H20N2O4. The Morgan fingerprint density at radius 2 is 1.80 bits per heavy atom. The molecule has 6 nitrogen and oxygen atoms in total. The van der Waals surface area contributed by atoms with Crippen molar-refractivity contribution in [1.29, 1.82) is 0 Å². The molecule has 2 aromatic carbocycles. The predicted molar refractivity (Wildman–Crippen MR) is 95.1 cm³/mol. The lowest BCUT2D eigenvalue weighted by Gasteiger charge is -2.16. The van der Waals surface area contributed by atoms with Crippen molar-refractivity contribution in [3.05, 3.63) is 59.8 Å². The van der Waals surface area contributed by atoms with Crippen LogP contribution in [0.3, 0.4) is 0 Å². The molecule has 1 atom stereocenters. The first kappa shape index (κ1) is 16.9. The van der Waals surface area contributed by atoms with Gasteiger partial charge in [-0.1, -0.05) is 30.3 Å². The molecule has 3 N–H and O–H groups in total. The van der Waals surface area contributed by atoms with Gasteiger partial charge in [0.1, 0.15) is 5.69 Å². The summed E-state index contributed by atoms with van der Waals surface area (Å²) in [6.07, 6.45) is 0. The van der Waals surface area contributed by atoms with Crippen LogP contribution in [0.1, 0.15) is 22.1 Å². The van der Waals surface area contributed by atoms with Crippen molar-refractivity contribution in [1.82, 2.24) is 10.3 Å². The standard InChI is InChI=1S/C19H20N2O4/c1-24-17-9-13-8-15(20-14(13)10-18(17)25-2)19(23)21-16(11-22)12-6-4-3-5-7-12/h3-10,16,20,22H,11H2,1-2H3,(H,21,23). The van der Waals surface area contributed by atoms with E-state index < -0.39 is 6.04 Å². The van der Waals surface area contributed by atoms with E-state index in [0.29, 0.717) is 17.2 Å². The summed E-state index contributed by atoms with van der Waals surface area (Å²) in [5.74, 6) is 0.886. The Morgan fingerprint density at radius 1 is 1.12 bits per heavy atom. The summed E-state index contributed by atoms with van der Waals surface area (Å²) in [4.78, 5) is 15.6. The SMILES string of the molecule is COc1cc2cc(C(=O)NC(CO)c3ccccc3)[nH]c2cc1OC. The van der Waals surface area contributed by atoms with E-state index in [1.165, 1.54) is 0 Å². The highest BCUT2D eigenvalue weighted by molar-refractivity contribution is 5.98. The Hall–Kier alpha value is -2.99. The first-order valence-electron chi connectivity index (χ1n) is 7.87. The van der Waals surface area contributed by atoms with Gasteiger partial charge in [-0.2, -0.15) is 0 Å². The minimum Gasteiger partial charge on any atom is -0.493 e. The zero-order valence-electron chi connectivity index (χ0n) is 14.1. The van der Waals surface area contributed by atoms with E-state index in [1.54, 1.807) is 26.4 Å². The lowest BCUT2D eigenvalue weighted by molar-refractivity contribution is 0.0912. The second-order valence-corrected chi connectivity index (χ2v) is 5.60. The molecule has 1 amide bonds. The molecule has 6 heteroatoms. The molecule has 130 valence electrons. The zero-order chi connectivity index (χ0) is 17.8. The number of ether oxygens (including phenoxy) is 2. The molecule has 0 fully saturated rings. The van der Waals surface area contributed by atoms with E-state index in [0.717, 1.165) is 16.5 Å². The van der Waals surface area contributed by atoms with Crippen LogP contribution in [0.25, 0.3) is 10.9 Å². The number of carbonyl (C=O) groups is 1. The summed E-state index contributed by atoms with van der Waals surface area (Å²) in [6.45, 7) is -0.183. The maximum Gasteiger partial charge on any atom is 0.268 e. The number of carbonyl (C=O) groups excluding carboxylic acids is 1. The van der Waals surface area contributed by atoms with E-state index in [1.807, 2.05) is 36.4 Å². The fraction of sp³-hybridized carbons (Fsp3) is 0.211. The molecule has 25 heavy (non-hydrogen) atoms. The van der Waals surface area contributed by atoms with Crippen LogP contribution >= 0.6 is 0 Å². The van der Waals surface area contributed by atoms with Crippen LogP contribution in [0.15, 0.2) is 48.5 Å². The summed E-state index contributed by atoms with van der Waals surface area (Å²) in [5, 5.41) is 13.3. The molecule has 0 spiro atoms. The van der Waals surface area contributed by atoms with Gasteiger partial charge in [-0.25, -0.2) is 0 Å². The average molecular weight is 340 g/mol. The van der Waals surface area contributed by atoms with Crippen LogP contribution in [0.2, 0.25) is 0 Å². The molecule has 1 heterocycles. The molecule has 3 aromatic rings. The summed E-state index contributed by atoms with van der Waals surface area (Å²) >= 11 is 0. The Labute approximate surface area is 145 Å². The molecule has 0 bridgehead atoms. The largest absolute Gasteiger partial charge is 0.493 e. The number of aromatic nitrogens is 1. The molecule has 0 saturated heterocycles. The quantitative estimate of drug-likeness (QED) is 0.644. The Bertz CT molecular complexity index is 833. The Balaban J connectivity index is 1.86. The Morgan fingerprint density at radius 3 is 2.44 bits per heavy atom. The number of aliphatic hydroxyl groups is 1. The number of methoxy groups -OCH3 is 2. The first-order valence-corrected chi connectivity index (χ1v) is 7.87. The average Bonchev–Trinajstić information content (AvgIpc) is 3.08. The second-order valence-electron chi connectivity index (χ2n) is 5.60. The molecule has 1 unspecified atom stereocenters. The van der Waals surface area contributed by atoms with Gasteiger partial charge in [0.05, 0.1) is 26.9 Å². The number of hydrogen-bond acceptors (Lipinski definition) is 4. The number of aromatic amines is 1. The van der Waals surface area contributed by atoms with Crippen molar-refractivity contribution in [2.75, 3.05) is 20.8 Å². The maximum atomic E-state index is 12.5. The van der Waals surface area contributed by atoms with E-state index in [-0.39, 0.29) is 12.5 Å². The summed E-state index contributed by atoms with van der Waals surface area (Å²) < 4.78 is 10.6. The number of aliphatic hydroxyl groups excluding tert-OH is 1. The topological polar surface area (TPSA) is 83.6 Å².